The van der Waals surface area contributed by atoms with Gasteiger partial charge in [0.25, 0.3) is 0 Å². The molecule has 0 saturated heterocycles. The van der Waals surface area contributed by atoms with Gasteiger partial charge in [0.05, 0.1) is 0 Å². The Morgan fingerprint density at radius 3 is 1.87 bits per heavy atom. The fraction of sp³-hybridized carbons (Fsp3) is 0.571. The summed E-state index contributed by atoms with van der Waals surface area (Å²) in [7, 11) is 0. The first-order chi connectivity index (χ1) is 14.1. The Balaban J connectivity index is 2.89. The molecule has 0 unspecified atom stereocenters. The van der Waals surface area contributed by atoms with E-state index in [4.69, 9.17) is 24.1 Å². The molecule has 9 heteroatoms. The average molecular weight is 484 g/mol. The zero-order valence-corrected chi connectivity index (χ0v) is 19.6. The van der Waals surface area contributed by atoms with Gasteiger partial charge in [0, 0.05) is 0 Å². The molecule has 30 heavy (non-hydrogen) atoms. The molecule has 1 aromatic carbocycles. The average Bonchev–Trinajstić information content (AvgIpc) is 2.63. The van der Waals surface area contributed by atoms with E-state index >= 15 is 0 Å². The predicted octanol–water partition coefficient (Wildman–Crippen LogP) is 4.39. The van der Waals surface area contributed by atoms with E-state index < -0.39 is 23.0 Å². The van der Waals surface area contributed by atoms with Crippen molar-refractivity contribution in [3.8, 4) is 11.5 Å². The van der Waals surface area contributed by atoms with Crippen LogP contribution < -0.4 is 9.47 Å². The van der Waals surface area contributed by atoms with Gasteiger partial charge in [-0.3, -0.25) is 0 Å². The Morgan fingerprint density at radius 1 is 0.900 bits per heavy atom. The monoisotopic (exact) mass is 484 g/mol. The summed E-state index contributed by atoms with van der Waals surface area (Å²) in [5, 5.41) is 9.09. The van der Waals surface area contributed by atoms with E-state index in [2.05, 4.69) is 16.9 Å². The van der Waals surface area contributed by atoms with E-state index in [9.17, 15) is 14.4 Å². The van der Waals surface area contributed by atoms with Crippen molar-refractivity contribution in [2.75, 3.05) is 13.2 Å². The topological polar surface area (TPSA) is 108 Å². The molecule has 166 valence electrons. The van der Waals surface area contributed by atoms with Crippen molar-refractivity contribution in [3.05, 3.63) is 23.8 Å². The maximum atomic E-state index is 12.0. The van der Waals surface area contributed by atoms with E-state index in [1.807, 2.05) is 27.7 Å². The van der Waals surface area contributed by atoms with Gasteiger partial charge >= 0.3 is 172 Å². The molecule has 1 rings (SSSR count). The predicted molar refractivity (Wildman–Crippen MR) is 110 cm³/mol. The van der Waals surface area contributed by atoms with Gasteiger partial charge < -0.3 is 0 Å². The van der Waals surface area contributed by atoms with Crippen LogP contribution in [0.15, 0.2) is 18.2 Å². The molecule has 1 aromatic rings. The Bertz CT molecular complexity index is 717. The molecule has 0 saturated carbocycles. The van der Waals surface area contributed by atoms with E-state index in [1.165, 1.54) is 12.1 Å². The van der Waals surface area contributed by atoms with E-state index in [-0.39, 0.29) is 31.1 Å². The summed E-state index contributed by atoms with van der Waals surface area (Å²) >= 11 is 2.07. The van der Waals surface area contributed by atoms with Gasteiger partial charge in [-0.1, -0.05) is 13.8 Å². The molecule has 0 aromatic heterocycles. The molecule has 0 fully saturated rings. The van der Waals surface area contributed by atoms with Gasteiger partial charge in [0.1, 0.15) is 0 Å². The SMILES string of the molecule is CC(C)CCOC(=O)Oc1ccc(C[C@H]([As])C(=O)O)cc1OC(=O)OCCC(C)C. The number of hydrogen-bond acceptors (Lipinski definition) is 7. The van der Waals surface area contributed by atoms with Crippen LogP contribution in [0.1, 0.15) is 46.1 Å². The number of carboxylic acids is 1. The van der Waals surface area contributed by atoms with Gasteiger partial charge in [-0.2, -0.15) is 0 Å². The summed E-state index contributed by atoms with van der Waals surface area (Å²) < 4.78 is 19.7. The van der Waals surface area contributed by atoms with Crippen LogP contribution in [0.3, 0.4) is 0 Å². The molecule has 0 aliphatic carbocycles. The van der Waals surface area contributed by atoms with Crippen molar-refractivity contribution in [1.82, 2.24) is 0 Å². The molecule has 0 aliphatic heterocycles. The molecule has 2 radical (unpaired) electrons. The van der Waals surface area contributed by atoms with Crippen molar-refractivity contribution < 1.29 is 38.4 Å². The molecule has 8 nitrogen and oxygen atoms in total. The summed E-state index contributed by atoms with van der Waals surface area (Å²) in [4.78, 5) is 35.0. The molecule has 0 bridgehead atoms. The van der Waals surface area contributed by atoms with E-state index in [0.717, 1.165) is 0 Å². The van der Waals surface area contributed by atoms with E-state index in [1.54, 1.807) is 6.07 Å². The van der Waals surface area contributed by atoms with Gasteiger partial charge in [0.15, 0.2) is 0 Å². The van der Waals surface area contributed by atoms with Crippen LogP contribution in [-0.2, 0) is 20.7 Å². The molecular weight excluding hydrogens is 455 g/mol. The number of carbonyl (C=O) groups excluding carboxylic acids is 2. The Morgan fingerprint density at radius 2 is 1.40 bits per heavy atom. The molecular formula is C21H29AsO8. The summed E-state index contributed by atoms with van der Waals surface area (Å²) in [5.74, 6) is -0.318. The van der Waals surface area contributed by atoms with Crippen molar-refractivity contribution in [2.45, 2.75) is 51.7 Å². The molecule has 0 heterocycles. The number of aliphatic carboxylic acids is 1. The third kappa shape index (κ3) is 10.5. The van der Waals surface area contributed by atoms with Crippen LogP contribution in [0.2, 0.25) is 4.71 Å². The van der Waals surface area contributed by atoms with Crippen LogP contribution in [0.4, 0.5) is 9.59 Å². The summed E-state index contributed by atoms with van der Waals surface area (Å²) in [6.45, 7) is 8.39. The van der Waals surface area contributed by atoms with Crippen LogP contribution in [0, 0.1) is 11.8 Å². The molecule has 0 spiro atoms. The minimum absolute atomic E-state index is 0.0217. The number of rotatable bonds is 11. The maximum absolute atomic E-state index is 12.0. The van der Waals surface area contributed by atoms with Crippen LogP contribution in [-0.4, -0.2) is 53.5 Å². The van der Waals surface area contributed by atoms with Gasteiger partial charge in [-0.15, -0.1) is 0 Å². The minimum atomic E-state index is -0.973. The van der Waals surface area contributed by atoms with Crippen molar-refractivity contribution in [3.63, 3.8) is 0 Å². The van der Waals surface area contributed by atoms with Crippen molar-refractivity contribution in [1.29, 1.82) is 0 Å². The second-order valence-electron chi connectivity index (χ2n) is 7.61. The first-order valence-corrected chi connectivity index (χ1v) is 10.9. The molecule has 1 atom stereocenters. The standard InChI is InChI=1S/C21H29AsO8/c1-13(2)7-9-27-20(25)29-17-6-5-15(11-16(22)19(23)24)12-18(17)30-21(26)28-10-8-14(3)4/h5-6,12-14,16H,7-11H2,1-4H3,(H,23,24)/t16-/m0/s1. The number of benzene rings is 1. The Labute approximate surface area is 185 Å². The third-order valence-electron chi connectivity index (χ3n) is 3.94. The third-order valence-corrected chi connectivity index (χ3v) is 4.79. The van der Waals surface area contributed by atoms with Gasteiger partial charge in [-0.05, 0) is 0 Å². The van der Waals surface area contributed by atoms with E-state index in [0.29, 0.717) is 30.2 Å². The Hall–Kier alpha value is -2.21. The van der Waals surface area contributed by atoms with Gasteiger partial charge in [0.2, 0.25) is 0 Å². The zero-order chi connectivity index (χ0) is 22.7. The Kier molecular flexibility index (Phi) is 11.3. The molecule has 0 aliphatic rings. The number of carboxylic acid groups (broad SMARTS) is 1. The van der Waals surface area contributed by atoms with Crippen molar-refractivity contribution >= 4 is 35.1 Å². The summed E-state index contributed by atoms with van der Waals surface area (Å²) in [5.41, 5.74) is 0.591. The van der Waals surface area contributed by atoms with Crippen molar-refractivity contribution in [2.24, 2.45) is 11.8 Å². The molecule has 1 N–H and O–H groups in total. The first-order valence-electron chi connectivity index (χ1n) is 9.81. The fourth-order valence-corrected chi connectivity index (χ4v) is 2.59. The van der Waals surface area contributed by atoms with Crippen LogP contribution >= 0.6 is 0 Å². The zero-order valence-electron chi connectivity index (χ0n) is 17.8. The van der Waals surface area contributed by atoms with Crippen LogP contribution in [0.5, 0.6) is 11.5 Å². The quantitative estimate of drug-likeness (QED) is 0.280. The van der Waals surface area contributed by atoms with Crippen LogP contribution in [0.25, 0.3) is 0 Å². The number of ether oxygens (including phenoxy) is 4. The summed E-state index contributed by atoms with van der Waals surface area (Å²) in [6, 6.07) is 4.47. The molecule has 0 amide bonds. The fourth-order valence-electron chi connectivity index (χ4n) is 2.15. The second-order valence-corrected chi connectivity index (χ2v) is 8.91. The second kappa shape index (κ2) is 13.2. The van der Waals surface area contributed by atoms with Gasteiger partial charge in [-0.25, -0.2) is 0 Å². The summed E-state index contributed by atoms with van der Waals surface area (Å²) in [6.07, 6.45) is -0.308. The first kappa shape index (κ1) is 25.8. The normalized spacial score (nSPS) is 11.8. The number of hydrogen-bond donors (Lipinski definition) is 1. The number of carbonyl (C=O) groups is 3.